The molecular weight excluding hydrogens is 168 g/mol. The van der Waals surface area contributed by atoms with Crippen molar-refractivity contribution in [1.82, 2.24) is 5.32 Å². The highest BCUT2D eigenvalue weighted by molar-refractivity contribution is 5.94. The summed E-state index contributed by atoms with van der Waals surface area (Å²) in [6.45, 7) is 0. The van der Waals surface area contributed by atoms with Crippen LogP contribution in [0.5, 0.6) is 0 Å². The number of primary amides is 1. The van der Waals surface area contributed by atoms with E-state index in [-0.39, 0.29) is 11.8 Å². The predicted molar refractivity (Wildman–Crippen MR) is 48.9 cm³/mol. The molecular formula is C9H16N2O2. The van der Waals surface area contributed by atoms with E-state index in [1.54, 1.807) is 0 Å². The maximum absolute atomic E-state index is 11.3. The quantitative estimate of drug-likeness (QED) is 0.600. The predicted octanol–water partition coefficient (Wildman–Crippen LogP) is 1.15. The minimum atomic E-state index is -0.741. The van der Waals surface area contributed by atoms with Crippen LogP contribution in [0.4, 0.5) is 4.79 Å². The molecule has 0 spiro atoms. The lowest BCUT2D eigenvalue weighted by atomic mass is 10.00. The number of carbonyl (C=O) groups is 2. The smallest absolute Gasteiger partial charge is 0.318 e. The molecule has 1 aliphatic rings. The van der Waals surface area contributed by atoms with Crippen LogP contribution in [0.25, 0.3) is 0 Å². The lowest BCUT2D eigenvalue weighted by Crippen LogP contribution is -2.39. The van der Waals surface area contributed by atoms with E-state index in [9.17, 15) is 9.59 Å². The number of hydrogen-bond acceptors (Lipinski definition) is 2. The Labute approximate surface area is 77.9 Å². The van der Waals surface area contributed by atoms with Crippen molar-refractivity contribution < 1.29 is 9.59 Å². The largest absolute Gasteiger partial charge is 0.351 e. The molecule has 3 N–H and O–H groups in total. The Hall–Kier alpha value is -1.06. The van der Waals surface area contributed by atoms with E-state index in [1.807, 2.05) is 0 Å². The molecule has 4 heteroatoms. The first-order chi connectivity index (χ1) is 6.20. The topological polar surface area (TPSA) is 72.2 Å². The van der Waals surface area contributed by atoms with Crippen LogP contribution < -0.4 is 11.1 Å². The Bertz CT molecular complexity index is 196. The second-order valence-electron chi connectivity index (χ2n) is 3.54. The number of urea groups is 1. The summed E-state index contributed by atoms with van der Waals surface area (Å²) in [5.74, 6) is -0.204. The highest BCUT2D eigenvalue weighted by atomic mass is 16.2. The SMILES string of the molecule is NC(=O)NC(=O)C1CCCCCC1. The van der Waals surface area contributed by atoms with Gasteiger partial charge in [0, 0.05) is 5.92 Å². The molecule has 0 aromatic rings. The molecule has 13 heavy (non-hydrogen) atoms. The molecule has 1 rings (SSSR count). The number of amides is 3. The summed E-state index contributed by atoms with van der Waals surface area (Å²) >= 11 is 0. The molecule has 0 heterocycles. The Balaban J connectivity index is 2.39. The van der Waals surface area contributed by atoms with Gasteiger partial charge in [0.1, 0.15) is 0 Å². The molecule has 0 aromatic carbocycles. The Morgan fingerprint density at radius 2 is 1.62 bits per heavy atom. The summed E-state index contributed by atoms with van der Waals surface area (Å²) in [6, 6.07) is -0.741. The van der Waals surface area contributed by atoms with Crippen molar-refractivity contribution in [3.05, 3.63) is 0 Å². The van der Waals surface area contributed by atoms with Crippen molar-refractivity contribution in [3.8, 4) is 0 Å². The van der Waals surface area contributed by atoms with Gasteiger partial charge in [-0.3, -0.25) is 10.1 Å². The van der Waals surface area contributed by atoms with Crippen molar-refractivity contribution in [2.45, 2.75) is 38.5 Å². The first-order valence-corrected chi connectivity index (χ1v) is 4.80. The number of nitrogens with two attached hydrogens (primary N) is 1. The summed E-state index contributed by atoms with van der Waals surface area (Å²) in [7, 11) is 0. The molecule has 0 aliphatic heterocycles. The van der Waals surface area contributed by atoms with E-state index in [1.165, 1.54) is 12.8 Å². The second-order valence-corrected chi connectivity index (χ2v) is 3.54. The Morgan fingerprint density at radius 1 is 1.08 bits per heavy atom. The van der Waals surface area contributed by atoms with Crippen LogP contribution in [-0.2, 0) is 4.79 Å². The van der Waals surface area contributed by atoms with Crippen LogP contribution in [0, 0.1) is 5.92 Å². The molecule has 74 valence electrons. The third-order valence-electron chi connectivity index (χ3n) is 2.47. The number of nitrogens with one attached hydrogen (secondary N) is 1. The van der Waals surface area contributed by atoms with E-state index in [2.05, 4.69) is 5.32 Å². The minimum absolute atomic E-state index is 0.00463. The fraction of sp³-hybridized carbons (Fsp3) is 0.778. The Morgan fingerprint density at radius 3 is 2.08 bits per heavy atom. The van der Waals surface area contributed by atoms with Gasteiger partial charge in [-0.1, -0.05) is 25.7 Å². The average molecular weight is 184 g/mol. The van der Waals surface area contributed by atoms with Crippen LogP contribution >= 0.6 is 0 Å². The van der Waals surface area contributed by atoms with Gasteiger partial charge in [0.15, 0.2) is 0 Å². The van der Waals surface area contributed by atoms with Crippen molar-refractivity contribution in [1.29, 1.82) is 0 Å². The summed E-state index contributed by atoms with van der Waals surface area (Å²) in [5, 5.41) is 2.14. The zero-order valence-corrected chi connectivity index (χ0v) is 7.71. The summed E-state index contributed by atoms with van der Waals surface area (Å²) in [4.78, 5) is 21.8. The van der Waals surface area contributed by atoms with Gasteiger partial charge < -0.3 is 5.73 Å². The van der Waals surface area contributed by atoms with Crippen LogP contribution in [0.1, 0.15) is 38.5 Å². The van der Waals surface area contributed by atoms with Crippen LogP contribution in [0.3, 0.4) is 0 Å². The standard InChI is InChI=1S/C9H16N2O2/c10-9(13)11-8(12)7-5-3-1-2-4-6-7/h7H,1-6H2,(H3,10,11,12,13). The van der Waals surface area contributed by atoms with Crippen molar-refractivity contribution in [2.24, 2.45) is 11.7 Å². The highest BCUT2D eigenvalue weighted by Gasteiger charge is 2.20. The van der Waals surface area contributed by atoms with Crippen LogP contribution in [0.2, 0.25) is 0 Å². The Kier molecular flexibility index (Phi) is 3.73. The maximum atomic E-state index is 11.3. The van der Waals surface area contributed by atoms with Gasteiger partial charge in [0.25, 0.3) is 0 Å². The van der Waals surface area contributed by atoms with E-state index >= 15 is 0 Å². The third-order valence-corrected chi connectivity index (χ3v) is 2.47. The minimum Gasteiger partial charge on any atom is -0.351 e. The lowest BCUT2D eigenvalue weighted by Gasteiger charge is -2.11. The van der Waals surface area contributed by atoms with Gasteiger partial charge in [0.2, 0.25) is 5.91 Å². The first kappa shape index (κ1) is 10.0. The molecule has 3 amide bonds. The fourth-order valence-corrected chi connectivity index (χ4v) is 1.77. The number of imide groups is 1. The van der Waals surface area contributed by atoms with Gasteiger partial charge in [0.05, 0.1) is 0 Å². The second kappa shape index (κ2) is 4.84. The molecule has 1 aliphatic carbocycles. The monoisotopic (exact) mass is 184 g/mol. The molecule has 0 unspecified atom stereocenters. The number of hydrogen-bond donors (Lipinski definition) is 2. The fourth-order valence-electron chi connectivity index (χ4n) is 1.77. The summed E-state index contributed by atoms with van der Waals surface area (Å²) in [5.41, 5.74) is 4.87. The average Bonchev–Trinajstić information content (AvgIpc) is 2.29. The van der Waals surface area contributed by atoms with Gasteiger partial charge in [-0.25, -0.2) is 4.79 Å². The normalized spacial score (nSPS) is 19.1. The molecule has 0 atom stereocenters. The molecule has 4 nitrogen and oxygen atoms in total. The van der Waals surface area contributed by atoms with E-state index in [0.717, 1.165) is 25.7 Å². The highest BCUT2D eigenvalue weighted by Crippen LogP contribution is 2.22. The zero-order chi connectivity index (χ0) is 9.68. The number of carbonyl (C=O) groups excluding carboxylic acids is 2. The molecule has 0 bridgehead atoms. The van der Waals surface area contributed by atoms with Crippen LogP contribution in [0.15, 0.2) is 0 Å². The third kappa shape index (κ3) is 3.44. The molecule has 0 aromatic heterocycles. The van der Waals surface area contributed by atoms with Gasteiger partial charge in [-0.2, -0.15) is 0 Å². The molecule has 0 radical (unpaired) electrons. The summed E-state index contributed by atoms with van der Waals surface area (Å²) in [6.07, 6.45) is 6.33. The summed E-state index contributed by atoms with van der Waals surface area (Å²) < 4.78 is 0. The van der Waals surface area contributed by atoms with Crippen molar-refractivity contribution >= 4 is 11.9 Å². The lowest BCUT2D eigenvalue weighted by molar-refractivity contribution is -0.124. The van der Waals surface area contributed by atoms with E-state index in [0.29, 0.717) is 0 Å². The first-order valence-electron chi connectivity index (χ1n) is 4.80. The zero-order valence-electron chi connectivity index (χ0n) is 7.71. The van der Waals surface area contributed by atoms with E-state index in [4.69, 9.17) is 5.73 Å². The molecule has 1 fully saturated rings. The van der Waals surface area contributed by atoms with Gasteiger partial charge in [-0.05, 0) is 12.8 Å². The van der Waals surface area contributed by atoms with E-state index < -0.39 is 6.03 Å². The molecule has 0 saturated heterocycles. The van der Waals surface area contributed by atoms with Crippen LogP contribution in [-0.4, -0.2) is 11.9 Å². The number of rotatable bonds is 1. The molecule has 1 saturated carbocycles. The van der Waals surface area contributed by atoms with Gasteiger partial charge in [-0.15, -0.1) is 0 Å². The van der Waals surface area contributed by atoms with Gasteiger partial charge >= 0.3 is 6.03 Å². The van der Waals surface area contributed by atoms with Crippen molar-refractivity contribution in [3.63, 3.8) is 0 Å². The van der Waals surface area contributed by atoms with Crippen molar-refractivity contribution in [2.75, 3.05) is 0 Å². The maximum Gasteiger partial charge on any atom is 0.318 e.